The molecule has 226 valence electrons. The number of amides is 1. The summed E-state index contributed by atoms with van der Waals surface area (Å²) in [5.41, 5.74) is -4.00. The quantitative estimate of drug-likeness (QED) is 0.275. The number of hydrogen-bond acceptors (Lipinski definition) is 4. The van der Waals surface area contributed by atoms with E-state index in [0.717, 1.165) is 36.8 Å². The van der Waals surface area contributed by atoms with Gasteiger partial charge in [0, 0.05) is 25.2 Å². The average Bonchev–Trinajstić information content (AvgIpc) is 3.71. The highest BCUT2D eigenvalue weighted by molar-refractivity contribution is 5.75. The van der Waals surface area contributed by atoms with E-state index in [-0.39, 0.29) is 30.0 Å². The molecule has 0 spiro atoms. The predicted molar refractivity (Wildman–Crippen MR) is 129 cm³/mol. The zero-order valence-electron chi connectivity index (χ0n) is 21.9. The van der Waals surface area contributed by atoms with E-state index in [1.54, 1.807) is 6.92 Å². The number of carbonyl (C=O) groups excluding carboxylic acids is 2. The summed E-state index contributed by atoms with van der Waals surface area (Å²) in [5.74, 6) is -0.479. The van der Waals surface area contributed by atoms with E-state index in [1.165, 1.54) is 6.07 Å². The van der Waals surface area contributed by atoms with Gasteiger partial charge in [0.05, 0.1) is 29.3 Å². The maximum atomic E-state index is 13.4. The molecule has 2 aromatic rings. The maximum Gasteiger partial charge on any atom is 0.416 e. The topological polar surface area (TPSA) is 58.6 Å². The fourth-order valence-corrected chi connectivity index (χ4v) is 4.69. The second-order valence-electron chi connectivity index (χ2n) is 9.75. The van der Waals surface area contributed by atoms with E-state index in [1.807, 2.05) is 0 Å². The molecule has 0 saturated heterocycles. The number of rotatable bonds is 6. The van der Waals surface area contributed by atoms with Crippen LogP contribution in [0, 0.1) is 5.92 Å². The highest BCUT2D eigenvalue weighted by atomic mass is 19.4. The molecule has 5 nitrogen and oxygen atoms in total. The first-order chi connectivity index (χ1) is 19.0. The fraction of sp³-hybridized carbons (Fsp3) is 0.481. The second kappa shape index (κ2) is 12.2. The normalized spacial score (nSPS) is 18.8. The van der Waals surface area contributed by atoms with Gasteiger partial charge < -0.3 is 15.0 Å². The molecule has 1 aliphatic carbocycles. The number of hydrogen-bond donors (Lipinski definition) is 1. The van der Waals surface area contributed by atoms with E-state index in [4.69, 9.17) is 0 Å². The summed E-state index contributed by atoms with van der Waals surface area (Å²) in [6.07, 6.45) is -12.9. The summed E-state index contributed by atoms with van der Waals surface area (Å²) in [6.45, 7) is 3.11. The minimum atomic E-state index is -5.07. The third kappa shape index (κ3) is 8.29. The highest BCUT2D eigenvalue weighted by Gasteiger charge is 2.42. The minimum absolute atomic E-state index is 0.0137. The van der Waals surface area contributed by atoms with E-state index in [0.29, 0.717) is 30.9 Å². The van der Waals surface area contributed by atoms with E-state index in [2.05, 4.69) is 10.1 Å². The first-order valence-corrected chi connectivity index (χ1v) is 12.5. The molecular weight excluding hydrogens is 571 g/mol. The van der Waals surface area contributed by atoms with Crippen molar-refractivity contribution in [2.75, 3.05) is 11.9 Å². The van der Waals surface area contributed by atoms with E-state index in [9.17, 15) is 49.1 Å². The van der Waals surface area contributed by atoms with Crippen LogP contribution in [0.25, 0.3) is 0 Å². The van der Waals surface area contributed by atoms with Gasteiger partial charge in [-0.05, 0) is 79.6 Å². The van der Waals surface area contributed by atoms with Gasteiger partial charge in [0.25, 0.3) is 6.47 Å². The number of nitrogens with one attached hydrogen (secondary N) is 1. The summed E-state index contributed by atoms with van der Waals surface area (Å²) in [4.78, 5) is 22.9. The molecular formula is C27H27F9N2O3. The Morgan fingerprint density at radius 3 is 1.90 bits per heavy atom. The molecule has 0 aromatic heterocycles. The van der Waals surface area contributed by atoms with Crippen LogP contribution in [0.5, 0.6) is 0 Å². The molecule has 1 N–H and O–H groups in total. The summed E-state index contributed by atoms with van der Waals surface area (Å²) >= 11 is 0. The van der Waals surface area contributed by atoms with Gasteiger partial charge in [-0.3, -0.25) is 9.59 Å². The summed E-state index contributed by atoms with van der Waals surface area (Å²) in [7, 11) is 0. The number of anilines is 1. The third-order valence-corrected chi connectivity index (χ3v) is 6.76. The van der Waals surface area contributed by atoms with Crippen LogP contribution >= 0.6 is 0 Å². The van der Waals surface area contributed by atoms with Crippen LogP contribution in [0.2, 0.25) is 0 Å². The molecule has 0 bridgehead atoms. The van der Waals surface area contributed by atoms with Crippen LogP contribution in [0.4, 0.5) is 45.2 Å². The van der Waals surface area contributed by atoms with Crippen molar-refractivity contribution < 1.29 is 53.8 Å². The lowest BCUT2D eigenvalue weighted by atomic mass is 9.88. The molecule has 2 atom stereocenters. The lowest BCUT2D eigenvalue weighted by molar-refractivity contribution is -0.143. The lowest BCUT2D eigenvalue weighted by Gasteiger charge is -2.40. The Kier molecular flexibility index (Phi) is 9.54. The Hall–Kier alpha value is -3.45. The molecule has 2 aliphatic rings. The monoisotopic (exact) mass is 598 g/mol. The van der Waals surface area contributed by atoms with E-state index < -0.39 is 59.3 Å². The molecule has 4 rings (SSSR count). The van der Waals surface area contributed by atoms with E-state index >= 15 is 0 Å². The second-order valence-corrected chi connectivity index (χ2v) is 9.75. The molecule has 1 amide bonds. The third-order valence-electron chi connectivity index (χ3n) is 6.76. The number of fused-ring (bicyclic) bond motifs is 1. The smallest absolute Gasteiger partial charge is 0.416 e. The van der Waals surface area contributed by atoms with Crippen molar-refractivity contribution in [1.82, 2.24) is 4.90 Å². The largest absolute Gasteiger partial charge is 0.468 e. The number of halogens is 9. The van der Waals surface area contributed by atoms with Gasteiger partial charge in [0.1, 0.15) is 0 Å². The van der Waals surface area contributed by atoms with Gasteiger partial charge in [0.15, 0.2) is 0 Å². The minimum Gasteiger partial charge on any atom is -0.468 e. The molecule has 1 aliphatic heterocycles. The molecule has 41 heavy (non-hydrogen) atoms. The number of carbonyl (C=O) groups is 2. The lowest BCUT2D eigenvalue weighted by Crippen LogP contribution is -2.40. The Labute approximate surface area is 229 Å². The number of ether oxygens (including phenoxy) is 1. The van der Waals surface area contributed by atoms with Crippen molar-refractivity contribution in [3.8, 4) is 0 Å². The summed E-state index contributed by atoms with van der Waals surface area (Å²) < 4.78 is 124. The molecule has 0 radical (unpaired) electrons. The Morgan fingerprint density at radius 1 is 0.927 bits per heavy atom. The van der Waals surface area contributed by atoms with Crippen molar-refractivity contribution in [2.45, 2.75) is 70.3 Å². The SMILES string of the molecule is CC(=O)N(Cc1cc(C(F)(F)F)cc(C(F)(F)F)c1)[C@H]1C[C@@H](C2CC2)Nc2ccc(C(F)(F)F)cc21.CCOC=O. The first-order valence-electron chi connectivity index (χ1n) is 12.5. The summed E-state index contributed by atoms with van der Waals surface area (Å²) in [6, 6.07) is 2.86. The first kappa shape index (κ1) is 32.1. The van der Waals surface area contributed by atoms with Crippen LogP contribution in [0.3, 0.4) is 0 Å². The van der Waals surface area contributed by atoms with Gasteiger partial charge >= 0.3 is 18.5 Å². The van der Waals surface area contributed by atoms with Gasteiger partial charge in [-0.15, -0.1) is 0 Å². The van der Waals surface area contributed by atoms with Crippen LogP contribution in [0.15, 0.2) is 36.4 Å². The van der Waals surface area contributed by atoms with Crippen LogP contribution < -0.4 is 5.32 Å². The van der Waals surface area contributed by atoms with Crippen LogP contribution in [-0.2, 0) is 39.4 Å². The van der Waals surface area contributed by atoms with Crippen molar-refractivity contribution >= 4 is 18.1 Å². The van der Waals surface area contributed by atoms with Gasteiger partial charge in [-0.2, -0.15) is 39.5 Å². The standard InChI is InChI=1S/C24H21F9N2O.C3H6O2/c1-12(36)35(11-13-6-16(23(28,29)30)8-17(7-13)24(31,32)33)21-10-20(14-2-3-14)34-19-5-4-15(9-18(19)21)22(25,26)27;1-2-5-3-4/h4-9,14,20-21,34H,2-3,10-11H2,1H3;3H,2H2,1H3/t20-,21-;/m0./s1. The van der Waals surface area contributed by atoms with Crippen molar-refractivity contribution in [2.24, 2.45) is 5.92 Å². The average molecular weight is 599 g/mol. The Morgan fingerprint density at radius 2 is 1.49 bits per heavy atom. The molecule has 0 unspecified atom stereocenters. The molecule has 14 heteroatoms. The van der Waals surface area contributed by atoms with Gasteiger partial charge in [0.2, 0.25) is 5.91 Å². The number of alkyl halides is 9. The Bertz CT molecular complexity index is 1210. The Balaban J connectivity index is 0.000000850. The number of nitrogens with zero attached hydrogens (tertiary/aromatic N) is 1. The molecule has 1 heterocycles. The molecule has 1 saturated carbocycles. The molecule has 1 fully saturated rings. The van der Waals surface area contributed by atoms with Crippen LogP contribution in [-0.4, -0.2) is 29.9 Å². The predicted octanol–water partition coefficient (Wildman–Crippen LogP) is 7.61. The van der Waals surface area contributed by atoms with Crippen LogP contribution in [0.1, 0.15) is 67.0 Å². The van der Waals surface area contributed by atoms with Gasteiger partial charge in [-0.25, -0.2) is 0 Å². The molecule has 2 aromatic carbocycles. The summed E-state index contributed by atoms with van der Waals surface area (Å²) in [5, 5.41) is 3.18. The fourth-order valence-electron chi connectivity index (χ4n) is 4.69. The maximum absolute atomic E-state index is 13.4. The zero-order chi connectivity index (χ0) is 30.8. The van der Waals surface area contributed by atoms with Gasteiger partial charge in [-0.1, -0.05) is 0 Å². The zero-order valence-corrected chi connectivity index (χ0v) is 21.9. The number of benzene rings is 2. The van der Waals surface area contributed by atoms with Crippen molar-refractivity contribution in [3.63, 3.8) is 0 Å². The van der Waals surface area contributed by atoms with Crippen molar-refractivity contribution in [1.29, 1.82) is 0 Å². The van der Waals surface area contributed by atoms with Crippen molar-refractivity contribution in [3.05, 3.63) is 64.2 Å². The highest BCUT2D eigenvalue weighted by Crippen LogP contribution is 2.47.